The maximum atomic E-state index is 13.5. The van der Waals surface area contributed by atoms with Crippen LogP contribution >= 0.6 is 0 Å². The molecule has 2 aromatic rings. The maximum absolute atomic E-state index is 13.5. The standard InChI is InChI=1S/C23H26FN3O5/c24-18-3-1-17(2-4-18)23(7-11-31-12-8-23)16-25-22(28)20-15-19(27(29)30)5-6-21(20)26-9-13-32-14-10-26/h1-6,15H,7-14,16H2,(H,25,28). The van der Waals surface area contributed by atoms with E-state index in [1.807, 2.05) is 4.90 Å². The average molecular weight is 443 g/mol. The lowest BCUT2D eigenvalue weighted by Crippen LogP contribution is -2.45. The number of carbonyl (C=O) groups excluding carboxylic acids is 1. The van der Waals surface area contributed by atoms with Gasteiger partial charge in [-0.05, 0) is 36.6 Å². The average Bonchev–Trinajstić information content (AvgIpc) is 2.83. The summed E-state index contributed by atoms with van der Waals surface area (Å²) in [6.45, 7) is 3.69. The molecule has 0 spiro atoms. The van der Waals surface area contributed by atoms with E-state index in [4.69, 9.17) is 9.47 Å². The number of non-ortho nitro benzene ring substituents is 1. The van der Waals surface area contributed by atoms with Crippen molar-refractivity contribution in [1.29, 1.82) is 0 Å². The van der Waals surface area contributed by atoms with Gasteiger partial charge in [-0.15, -0.1) is 0 Å². The fraction of sp³-hybridized carbons (Fsp3) is 0.435. The fourth-order valence-corrected chi connectivity index (χ4v) is 4.38. The molecule has 1 N–H and O–H groups in total. The molecule has 0 aliphatic carbocycles. The zero-order chi connectivity index (χ0) is 22.6. The molecule has 2 saturated heterocycles. The van der Waals surface area contributed by atoms with Gasteiger partial charge in [-0.2, -0.15) is 0 Å². The third-order valence-electron chi connectivity index (χ3n) is 6.28. The number of hydrogen-bond acceptors (Lipinski definition) is 6. The SMILES string of the molecule is O=C(NCC1(c2ccc(F)cc2)CCOCC1)c1cc([N+](=O)[O-])ccc1N1CCOCC1. The second-order valence-corrected chi connectivity index (χ2v) is 8.14. The number of morpholine rings is 1. The first-order valence-corrected chi connectivity index (χ1v) is 10.7. The minimum absolute atomic E-state index is 0.133. The van der Waals surface area contributed by atoms with Crippen molar-refractivity contribution < 1.29 is 23.6 Å². The molecule has 0 unspecified atom stereocenters. The van der Waals surface area contributed by atoms with E-state index < -0.39 is 4.92 Å². The highest BCUT2D eigenvalue weighted by molar-refractivity contribution is 6.00. The van der Waals surface area contributed by atoms with Gasteiger partial charge in [0.1, 0.15) is 5.82 Å². The van der Waals surface area contributed by atoms with Crippen molar-refractivity contribution in [2.75, 3.05) is 51.0 Å². The molecule has 2 aliphatic heterocycles. The number of ether oxygens (including phenoxy) is 2. The number of benzene rings is 2. The summed E-state index contributed by atoms with van der Waals surface area (Å²) >= 11 is 0. The molecule has 4 rings (SSSR count). The van der Waals surface area contributed by atoms with E-state index in [2.05, 4.69) is 5.32 Å². The molecular formula is C23H26FN3O5. The van der Waals surface area contributed by atoms with Crippen LogP contribution in [0.15, 0.2) is 42.5 Å². The number of nitrogens with zero attached hydrogens (tertiary/aromatic N) is 2. The van der Waals surface area contributed by atoms with E-state index >= 15 is 0 Å². The Morgan fingerprint density at radius 1 is 1.06 bits per heavy atom. The second kappa shape index (κ2) is 9.62. The van der Waals surface area contributed by atoms with Crippen LogP contribution in [0.2, 0.25) is 0 Å². The zero-order valence-electron chi connectivity index (χ0n) is 17.7. The van der Waals surface area contributed by atoms with Gasteiger partial charge >= 0.3 is 0 Å². The van der Waals surface area contributed by atoms with Gasteiger partial charge in [0.15, 0.2) is 0 Å². The van der Waals surface area contributed by atoms with Gasteiger partial charge in [0.05, 0.1) is 29.4 Å². The maximum Gasteiger partial charge on any atom is 0.270 e. The van der Waals surface area contributed by atoms with Crippen LogP contribution in [-0.2, 0) is 14.9 Å². The molecular weight excluding hydrogens is 417 g/mol. The summed E-state index contributed by atoms with van der Waals surface area (Å²) in [5.74, 6) is -0.685. The third-order valence-corrected chi connectivity index (χ3v) is 6.28. The molecule has 9 heteroatoms. The summed E-state index contributed by atoms with van der Waals surface area (Å²) in [6.07, 6.45) is 1.37. The summed E-state index contributed by atoms with van der Waals surface area (Å²) < 4.78 is 24.4. The number of carbonyl (C=O) groups is 1. The lowest BCUT2D eigenvalue weighted by molar-refractivity contribution is -0.384. The van der Waals surface area contributed by atoms with Crippen molar-refractivity contribution in [2.45, 2.75) is 18.3 Å². The van der Waals surface area contributed by atoms with Gasteiger partial charge in [-0.3, -0.25) is 14.9 Å². The molecule has 8 nitrogen and oxygen atoms in total. The Bertz CT molecular complexity index is 970. The second-order valence-electron chi connectivity index (χ2n) is 8.14. The minimum atomic E-state index is -0.502. The number of rotatable bonds is 6. The van der Waals surface area contributed by atoms with Crippen LogP contribution in [0, 0.1) is 15.9 Å². The highest BCUT2D eigenvalue weighted by Crippen LogP contribution is 2.35. The van der Waals surface area contributed by atoms with Crippen molar-refractivity contribution >= 4 is 17.3 Å². The number of anilines is 1. The van der Waals surface area contributed by atoms with Crippen LogP contribution in [0.1, 0.15) is 28.8 Å². The summed E-state index contributed by atoms with van der Waals surface area (Å²) in [7, 11) is 0. The van der Waals surface area contributed by atoms with Crippen LogP contribution in [0.25, 0.3) is 0 Å². The van der Waals surface area contributed by atoms with Crippen molar-refractivity contribution in [2.24, 2.45) is 0 Å². The van der Waals surface area contributed by atoms with Crippen LogP contribution in [0.4, 0.5) is 15.8 Å². The number of nitrogens with one attached hydrogen (secondary N) is 1. The lowest BCUT2D eigenvalue weighted by atomic mass is 9.74. The number of hydrogen-bond donors (Lipinski definition) is 1. The molecule has 0 aromatic heterocycles. The molecule has 2 heterocycles. The lowest BCUT2D eigenvalue weighted by Gasteiger charge is -2.38. The molecule has 1 amide bonds. The molecule has 2 aliphatic rings. The first-order chi connectivity index (χ1) is 15.5. The Morgan fingerprint density at radius 3 is 2.38 bits per heavy atom. The Balaban J connectivity index is 1.59. The Labute approximate surface area is 185 Å². The molecule has 0 saturated carbocycles. The van der Waals surface area contributed by atoms with Gasteiger partial charge in [0, 0.05) is 50.4 Å². The van der Waals surface area contributed by atoms with Crippen molar-refractivity contribution in [1.82, 2.24) is 5.32 Å². The summed E-state index contributed by atoms with van der Waals surface area (Å²) in [4.78, 5) is 26.1. The Hall–Kier alpha value is -3.04. The third kappa shape index (κ3) is 4.73. The number of halogens is 1. The van der Waals surface area contributed by atoms with Gasteiger partial charge in [0.2, 0.25) is 0 Å². The molecule has 2 aromatic carbocycles. The van der Waals surface area contributed by atoms with Crippen molar-refractivity contribution in [3.05, 3.63) is 69.5 Å². The highest BCUT2D eigenvalue weighted by Gasteiger charge is 2.35. The van der Waals surface area contributed by atoms with E-state index in [-0.39, 0.29) is 28.4 Å². The predicted molar refractivity (Wildman–Crippen MR) is 117 cm³/mol. The molecule has 2 fully saturated rings. The van der Waals surface area contributed by atoms with Crippen LogP contribution in [-0.4, -0.2) is 56.9 Å². The van der Waals surface area contributed by atoms with E-state index in [9.17, 15) is 19.3 Å². The van der Waals surface area contributed by atoms with E-state index in [0.717, 1.165) is 5.56 Å². The molecule has 0 atom stereocenters. The normalized spacial score (nSPS) is 18.2. The smallest absolute Gasteiger partial charge is 0.270 e. The first kappa shape index (κ1) is 22.2. The minimum Gasteiger partial charge on any atom is -0.381 e. The predicted octanol–water partition coefficient (Wildman–Crippen LogP) is 3.05. The topological polar surface area (TPSA) is 93.9 Å². The molecule has 0 bridgehead atoms. The van der Waals surface area contributed by atoms with Gasteiger partial charge in [-0.1, -0.05) is 12.1 Å². The van der Waals surface area contributed by atoms with Gasteiger partial charge < -0.3 is 19.7 Å². The van der Waals surface area contributed by atoms with Gasteiger partial charge in [0.25, 0.3) is 11.6 Å². The largest absolute Gasteiger partial charge is 0.381 e. The summed E-state index contributed by atoms with van der Waals surface area (Å²) in [5.41, 5.74) is 1.34. The van der Waals surface area contributed by atoms with Crippen molar-refractivity contribution in [3.63, 3.8) is 0 Å². The Kier molecular flexibility index (Phi) is 6.66. The molecule has 170 valence electrons. The number of nitro benzene ring substituents is 1. The van der Waals surface area contributed by atoms with Crippen LogP contribution in [0.5, 0.6) is 0 Å². The molecule has 32 heavy (non-hydrogen) atoms. The number of nitro groups is 1. The van der Waals surface area contributed by atoms with Crippen LogP contribution in [0.3, 0.4) is 0 Å². The number of amides is 1. The monoisotopic (exact) mass is 443 g/mol. The van der Waals surface area contributed by atoms with E-state index in [1.165, 1.54) is 24.3 Å². The molecule has 0 radical (unpaired) electrons. The first-order valence-electron chi connectivity index (χ1n) is 10.7. The quantitative estimate of drug-likeness (QED) is 0.545. The van der Waals surface area contributed by atoms with E-state index in [0.29, 0.717) is 64.6 Å². The van der Waals surface area contributed by atoms with Gasteiger partial charge in [-0.25, -0.2) is 4.39 Å². The van der Waals surface area contributed by atoms with Crippen LogP contribution < -0.4 is 10.2 Å². The summed E-state index contributed by atoms with van der Waals surface area (Å²) in [5, 5.41) is 14.3. The zero-order valence-corrected chi connectivity index (χ0v) is 17.7. The Morgan fingerprint density at radius 2 is 1.72 bits per heavy atom. The summed E-state index contributed by atoms with van der Waals surface area (Å²) in [6, 6.07) is 10.7. The van der Waals surface area contributed by atoms with Crippen molar-refractivity contribution in [3.8, 4) is 0 Å². The fourth-order valence-electron chi connectivity index (χ4n) is 4.38. The van der Waals surface area contributed by atoms with E-state index in [1.54, 1.807) is 18.2 Å². The highest BCUT2D eigenvalue weighted by atomic mass is 19.1.